The fourth-order valence-electron chi connectivity index (χ4n) is 0.149. The molecule has 0 amide bonds. The maximum absolute atomic E-state index is 8.37. The van der Waals surface area contributed by atoms with Crippen molar-refractivity contribution in [2.75, 3.05) is 0 Å². The Balaban J connectivity index is 3.14. The summed E-state index contributed by atoms with van der Waals surface area (Å²) in [4.78, 5) is 0. The van der Waals surface area contributed by atoms with Crippen LogP contribution in [0.1, 0.15) is 6.42 Å². The van der Waals surface area contributed by atoms with E-state index >= 15 is 0 Å². The molecule has 0 saturated carbocycles. The number of aliphatic hydroxyl groups is 3. The van der Waals surface area contributed by atoms with Crippen molar-refractivity contribution < 1.29 is 15.3 Å². The normalized spacial score (nSPS) is 15.0. The van der Waals surface area contributed by atoms with Gasteiger partial charge in [-0.3, -0.25) is 0 Å². The van der Waals surface area contributed by atoms with Gasteiger partial charge in [-0.05, 0) is 6.42 Å². The first-order valence-electron chi connectivity index (χ1n) is 2.02. The maximum atomic E-state index is 8.37. The molecule has 0 heterocycles. The first-order valence-corrected chi connectivity index (χ1v) is 2.02. The summed E-state index contributed by atoms with van der Waals surface area (Å²) >= 11 is 0. The van der Waals surface area contributed by atoms with Crippen LogP contribution in [-0.2, 0) is 0 Å². The second-order valence-corrected chi connectivity index (χ2v) is 1.27. The Kier molecular flexibility index (Phi) is 2.91. The van der Waals surface area contributed by atoms with Gasteiger partial charge < -0.3 is 15.3 Å². The highest BCUT2D eigenvalue weighted by Crippen LogP contribution is 1.91. The average Bonchev–Trinajstić information content (AvgIpc) is 1.65. The van der Waals surface area contributed by atoms with Crippen LogP contribution in [0.25, 0.3) is 0 Å². The zero-order chi connectivity index (χ0) is 5.86. The van der Waals surface area contributed by atoms with Gasteiger partial charge in [-0.15, -0.1) is 0 Å². The SMILES string of the molecule is [CH2]CC(O)C(O)O. The second kappa shape index (κ2) is 2.96. The Labute approximate surface area is 42.2 Å². The molecule has 0 rings (SSSR count). The topological polar surface area (TPSA) is 60.7 Å². The standard InChI is InChI=1S/C4H9O3/c1-2-3(5)4(6)7/h3-7H,1-2H2. The van der Waals surface area contributed by atoms with Gasteiger partial charge in [-0.2, -0.15) is 0 Å². The van der Waals surface area contributed by atoms with Gasteiger partial charge in [0.2, 0.25) is 0 Å². The van der Waals surface area contributed by atoms with Crippen LogP contribution in [0.15, 0.2) is 0 Å². The van der Waals surface area contributed by atoms with Gasteiger partial charge in [0, 0.05) is 0 Å². The van der Waals surface area contributed by atoms with E-state index in [9.17, 15) is 0 Å². The van der Waals surface area contributed by atoms with Gasteiger partial charge in [-0.25, -0.2) is 0 Å². The van der Waals surface area contributed by atoms with E-state index in [0.717, 1.165) is 0 Å². The Morgan fingerprint density at radius 3 is 1.71 bits per heavy atom. The lowest BCUT2D eigenvalue weighted by atomic mass is 10.3. The van der Waals surface area contributed by atoms with Crippen molar-refractivity contribution in [2.24, 2.45) is 0 Å². The van der Waals surface area contributed by atoms with E-state index in [4.69, 9.17) is 15.3 Å². The van der Waals surface area contributed by atoms with E-state index in [1.165, 1.54) is 0 Å². The smallest absolute Gasteiger partial charge is 0.178 e. The van der Waals surface area contributed by atoms with E-state index in [-0.39, 0.29) is 6.42 Å². The molecule has 0 aliphatic rings. The van der Waals surface area contributed by atoms with Gasteiger partial charge in [0.25, 0.3) is 0 Å². The molecule has 0 saturated heterocycles. The van der Waals surface area contributed by atoms with Crippen molar-refractivity contribution in [1.82, 2.24) is 0 Å². The number of aliphatic hydroxyl groups excluding tert-OH is 2. The summed E-state index contributed by atoms with van der Waals surface area (Å²) in [5.74, 6) is 0. The molecule has 1 radical (unpaired) electrons. The first-order chi connectivity index (χ1) is 3.18. The molecule has 0 aromatic carbocycles. The molecule has 0 aliphatic heterocycles. The molecule has 1 unspecified atom stereocenters. The van der Waals surface area contributed by atoms with Gasteiger partial charge >= 0.3 is 0 Å². The predicted molar refractivity (Wildman–Crippen MR) is 24.2 cm³/mol. The van der Waals surface area contributed by atoms with Gasteiger partial charge in [0.15, 0.2) is 6.29 Å². The molecule has 43 valence electrons. The minimum atomic E-state index is -1.64. The van der Waals surface area contributed by atoms with Crippen LogP contribution in [0.3, 0.4) is 0 Å². The lowest BCUT2D eigenvalue weighted by molar-refractivity contribution is -0.120. The van der Waals surface area contributed by atoms with Crippen molar-refractivity contribution in [1.29, 1.82) is 0 Å². The van der Waals surface area contributed by atoms with Gasteiger partial charge in [0.05, 0.1) is 0 Å². The molecule has 3 heteroatoms. The fraction of sp³-hybridized carbons (Fsp3) is 0.750. The van der Waals surface area contributed by atoms with Crippen LogP contribution in [0.4, 0.5) is 0 Å². The quantitative estimate of drug-likeness (QED) is 0.390. The molecule has 3 nitrogen and oxygen atoms in total. The zero-order valence-corrected chi connectivity index (χ0v) is 3.91. The summed E-state index contributed by atoms with van der Waals surface area (Å²) in [6, 6.07) is 0. The maximum Gasteiger partial charge on any atom is 0.178 e. The molecule has 7 heavy (non-hydrogen) atoms. The average molecular weight is 105 g/mol. The molecular formula is C4H9O3. The largest absolute Gasteiger partial charge is 0.388 e. The molecule has 0 spiro atoms. The molecule has 3 N–H and O–H groups in total. The minimum Gasteiger partial charge on any atom is -0.388 e. The molecular weight excluding hydrogens is 96.0 g/mol. The third kappa shape index (κ3) is 2.56. The minimum absolute atomic E-state index is 0.123. The number of hydrogen-bond acceptors (Lipinski definition) is 3. The van der Waals surface area contributed by atoms with Gasteiger partial charge in [0.1, 0.15) is 6.10 Å². The first kappa shape index (κ1) is 6.88. The monoisotopic (exact) mass is 105 g/mol. The van der Waals surface area contributed by atoms with Crippen LogP contribution in [-0.4, -0.2) is 27.7 Å². The second-order valence-electron chi connectivity index (χ2n) is 1.27. The highest BCUT2D eigenvalue weighted by Gasteiger charge is 2.07. The van der Waals surface area contributed by atoms with E-state index in [0.29, 0.717) is 0 Å². The van der Waals surface area contributed by atoms with Crippen molar-refractivity contribution in [3.8, 4) is 0 Å². The third-order valence-corrected chi connectivity index (χ3v) is 0.640. The van der Waals surface area contributed by atoms with E-state index in [1.807, 2.05) is 0 Å². The Bertz CT molecular complexity index is 44.2. The molecule has 0 aromatic heterocycles. The summed E-state index contributed by atoms with van der Waals surface area (Å²) in [5, 5.41) is 24.5. The number of hydrogen-bond donors (Lipinski definition) is 3. The zero-order valence-electron chi connectivity index (χ0n) is 3.91. The van der Waals surface area contributed by atoms with E-state index in [1.54, 1.807) is 0 Å². The van der Waals surface area contributed by atoms with Crippen LogP contribution in [0, 0.1) is 6.92 Å². The van der Waals surface area contributed by atoms with Gasteiger partial charge in [-0.1, -0.05) is 6.92 Å². The molecule has 1 atom stereocenters. The Hall–Kier alpha value is -0.120. The van der Waals surface area contributed by atoms with Crippen molar-refractivity contribution in [3.63, 3.8) is 0 Å². The molecule has 0 aromatic rings. The van der Waals surface area contributed by atoms with Crippen molar-refractivity contribution in [2.45, 2.75) is 18.8 Å². The summed E-state index contributed by atoms with van der Waals surface area (Å²) in [7, 11) is 0. The predicted octanol–water partition coefficient (Wildman–Crippen LogP) is -1.12. The molecule has 0 bridgehead atoms. The summed E-state index contributed by atoms with van der Waals surface area (Å²) in [6.45, 7) is 3.24. The summed E-state index contributed by atoms with van der Waals surface area (Å²) in [5.41, 5.74) is 0. The van der Waals surface area contributed by atoms with Crippen LogP contribution in [0.2, 0.25) is 0 Å². The summed E-state index contributed by atoms with van der Waals surface area (Å²) < 4.78 is 0. The third-order valence-electron chi connectivity index (χ3n) is 0.640. The van der Waals surface area contributed by atoms with E-state index in [2.05, 4.69) is 6.92 Å². The fourth-order valence-corrected chi connectivity index (χ4v) is 0.149. The summed E-state index contributed by atoms with van der Waals surface area (Å²) in [6.07, 6.45) is -2.62. The lowest BCUT2D eigenvalue weighted by Gasteiger charge is -2.07. The van der Waals surface area contributed by atoms with Crippen LogP contribution < -0.4 is 0 Å². The highest BCUT2D eigenvalue weighted by atomic mass is 16.5. The highest BCUT2D eigenvalue weighted by molar-refractivity contribution is 4.56. The van der Waals surface area contributed by atoms with Crippen LogP contribution in [0.5, 0.6) is 0 Å². The van der Waals surface area contributed by atoms with E-state index < -0.39 is 12.4 Å². The number of rotatable bonds is 2. The molecule has 0 aliphatic carbocycles. The Morgan fingerprint density at radius 2 is 1.71 bits per heavy atom. The van der Waals surface area contributed by atoms with Crippen molar-refractivity contribution >= 4 is 0 Å². The Morgan fingerprint density at radius 1 is 1.29 bits per heavy atom. The van der Waals surface area contributed by atoms with Crippen LogP contribution >= 0.6 is 0 Å². The molecule has 0 fully saturated rings. The lowest BCUT2D eigenvalue weighted by Crippen LogP contribution is -2.23. The van der Waals surface area contributed by atoms with Crippen molar-refractivity contribution in [3.05, 3.63) is 6.92 Å².